The van der Waals surface area contributed by atoms with Crippen LogP contribution in [-0.2, 0) is 9.59 Å². The number of aryl methyl sites for hydroxylation is 2. The molecule has 0 aromatic heterocycles. The van der Waals surface area contributed by atoms with Gasteiger partial charge in [0.2, 0.25) is 0 Å². The van der Waals surface area contributed by atoms with Gasteiger partial charge in [0.25, 0.3) is 11.8 Å². The summed E-state index contributed by atoms with van der Waals surface area (Å²) < 4.78 is 10.6. The number of carbonyl (C=O) groups excluding carboxylic acids is 2. The van der Waals surface area contributed by atoms with E-state index in [2.05, 4.69) is 0 Å². The molecule has 2 amide bonds. The monoisotopic (exact) mass is 413 g/mol. The van der Waals surface area contributed by atoms with E-state index < -0.39 is 11.8 Å². The van der Waals surface area contributed by atoms with Crippen LogP contribution in [0.25, 0.3) is 5.57 Å². The zero-order valence-electron chi connectivity index (χ0n) is 16.8. The first-order valence-corrected chi connectivity index (χ1v) is 10.1. The molecule has 2 aromatic rings. The van der Waals surface area contributed by atoms with Crippen LogP contribution in [0.15, 0.2) is 41.3 Å². The number of ether oxygens (including phenoxy) is 2. The third-order valence-corrected chi connectivity index (χ3v) is 5.85. The molecule has 0 atom stereocenters. The number of aliphatic hydroxyl groups is 1. The minimum atomic E-state index is -0.408. The summed E-state index contributed by atoms with van der Waals surface area (Å²) in [6.07, 6.45) is 0. The summed E-state index contributed by atoms with van der Waals surface area (Å²) in [4.78, 5) is 28.0. The second kappa shape index (κ2) is 8.71. The molecule has 1 aliphatic rings. The van der Waals surface area contributed by atoms with Gasteiger partial charge in [-0.15, -0.1) is 11.8 Å². The lowest BCUT2D eigenvalue weighted by Gasteiger charge is -2.17. The molecule has 1 heterocycles. The summed E-state index contributed by atoms with van der Waals surface area (Å²) in [5.74, 6) is 0.449. The maximum absolute atomic E-state index is 13.3. The van der Waals surface area contributed by atoms with Gasteiger partial charge in [0.1, 0.15) is 0 Å². The summed E-state index contributed by atoms with van der Waals surface area (Å²) in [5.41, 5.74) is 3.58. The van der Waals surface area contributed by atoms with Crippen LogP contribution in [0, 0.1) is 13.8 Å². The van der Waals surface area contributed by atoms with E-state index in [0.29, 0.717) is 39.0 Å². The number of anilines is 1. The molecule has 0 saturated heterocycles. The van der Waals surface area contributed by atoms with Gasteiger partial charge in [-0.3, -0.25) is 9.59 Å². The molecule has 152 valence electrons. The maximum Gasteiger partial charge on any atom is 0.272 e. The number of carbonyl (C=O) groups is 2. The highest BCUT2D eigenvalue weighted by atomic mass is 32.2. The lowest BCUT2D eigenvalue weighted by Crippen LogP contribution is -2.31. The van der Waals surface area contributed by atoms with E-state index in [9.17, 15) is 14.7 Å². The van der Waals surface area contributed by atoms with Gasteiger partial charge in [-0.25, -0.2) is 4.90 Å². The largest absolute Gasteiger partial charge is 0.493 e. The average Bonchev–Trinajstić information content (AvgIpc) is 2.97. The first-order chi connectivity index (χ1) is 13.9. The maximum atomic E-state index is 13.3. The van der Waals surface area contributed by atoms with Crippen LogP contribution in [0.5, 0.6) is 11.5 Å². The summed E-state index contributed by atoms with van der Waals surface area (Å²) in [6, 6.07) is 10.6. The molecular weight excluding hydrogens is 390 g/mol. The van der Waals surface area contributed by atoms with Crippen LogP contribution in [0.2, 0.25) is 0 Å². The minimum absolute atomic E-state index is 0.0911. The Labute approximate surface area is 174 Å². The van der Waals surface area contributed by atoms with Gasteiger partial charge in [0.05, 0.1) is 37.0 Å². The predicted molar refractivity (Wildman–Crippen MR) is 114 cm³/mol. The van der Waals surface area contributed by atoms with Crippen molar-refractivity contribution in [3.05, 3.63) is 58.0 Å². The van der Waals surface area contributed by atoms with Gasteiger partial charge < -0.3 is 14.6 Å². The zero-order valence-corrected chi connectivity index (χ0v) is 17.6. The lowest BCUT2D eigenvalue weighted by atomic mass is 10.0. The number of rotatable bonds is 7. The Morgan fingerprint density at radius 1 is 0.931 bits per heavy atom. The summed E-state index contributed by atoms with van der Waals surface area (Å²) in [6.45, 7) is 3.87. The number of hydrogen-bond acceptors (Lipinski definition) is 6. The number of thioether (sulfide) groups is 1. The molecule has 2 aromatic carbocycles. The Morgan fingerprint density at radius 2 is 1.66 bits per heavy atom. The second-order valence-corrected chi connectivity index (χ2v) is 7.67. The van der Waals surface area contributed by atoms with Crippen molar-refractivity contribution in [2.75, 3.05) is 31.5 Å². The molecule has 6 nitrogen and oxygen atoms in total. The molecule has 0 spiro atoms. The number of imide groups is 1. The quantitative estimate of drug-likeness (QED) is 0.702. The number of hydrogen-bond donors (Lipinski definition) is 1. The van der Waals surface area contributed by atoms with Crippen LogP contribution in [0.3, 0.4) is 0 Å². The van der Waals surface area contributed by atoms with Crippen LogP contribution >= 0.6 is 11.8 Å². The Bertz CT molecular complexity index is 999. The molecule has 0 bridgehead atoms. The number of methoxy groups -OCH3 is 2. The van der Waals surface area contributed by atoms with E-state index in [1.54, 1.807) is 18.2 Å². The molecule has 0 fully saturated rings. The van der Waals surface area contributed by atoms with Crippen LogP contribution < -0.4 is 14.4 Å². The van der Waals surface area contributed by atoms with Crippen molar-refractivity contribution in [2.45, 2.75) is 13.8 Å². The van der Waals surface area contributed by atoms with Gasteiger partial charge in [0, 0.05) is 11.8 Å². The topological polar surface area (TPSA) is 76.1 Å². The molecule has 7 heteroatoms. The van der Waals surface area contributed by atoms with Crippen molar-refractivity contribution in [1.82, 2.24) is 0 Å². The van der Waals surface area contributed by atoms with Gasteiger partial charge in [-0.2, -0.15) is 0 Å². The highest BCUT2D eigenvalue weighted by Crippen LogP contribution is 2.40. The average molecular weight is 413 g/mol. The van der Waals surface area contributed by atoms with Crippen molar-refractivity contribution in [1.29, 1.82) is 0 Å². The van der Waals surface area contributed by atoms with E-state index >= 15 is 0 Å². The van der Waals surface area contributed by atoms with Gasteiger partial charge in [0.15, 0.2) is 11.5 Å². The molecule has 0 aliphatic carbocycles. The zero-order chi connectivity index (χ0) is 21.1. The van der Waals surface area contributed by atoms with E-state index in [0.717, 1.165) is 16.0 Å². The van der Waals surface area contributed by atoms with Crippen molar-refractivity contribution in [2.24, 2.45) is 0 Å². The molecular formula is C22H23NO5S. The first kappa shape index (κ1) is 21.0. The minimum Gasteiger partial charge on any atom is -0.493 e. The van der Waals surface area contributed by atoms with Crippen LogP contribution in [0.4, 0.5) is 5.69 Å². The van der Waals surface area contributed by atoms with Crippen molar-refractivity contribution in [3.8, 4) is 11.5 Å². The SMILES string of the molecule is COc1ccc(N2C(=O)C(SCCO)=C(c3ccc(C)c(C)c3)C2=O)cc1OC. The summed E-state index contributed by atoms with van der Waals surface area (Å²) in [5, 5.41) is 9.24. The summed E-state index contributed by atoms with van der Waals surface area (Å²) >= 11 is 1.19. The van der Waals surface area contributed by atoms with Crippen molar-refractivity contribution in [3.63, 3.8) is 0 Å². The Morgan fingerprint density at radius 3 is 2.28 bits per heavy atom. The second-order valence-electron chi connectivity index (χ2n) is 6.56. The molecule has 1 aliphatic heterocycles. The van der Waals surface area contributed by atoms with E-state index in [1.165, 1.54) is 26.0 Å². The number of amides is 2. The van der Waals surface area contributed by atoms with E-state index in [-0.39, 0.29) is 6.61 Å². The van der Waals surface area contributed by atoms with Gasteiger partial charge >= 0.3 is 0 Å². The summed E-state index contributed by atoms with van der Waals surface area (Å²) in [7, 11) is 3.02. The molecule has 1 N–H and O–H groups in total. The third-order valence-electron chi connectivity index (χ3n) is 4.80. The third kappa shape index (κ3) is 3.88. The normalized spacial score (nSPS) is 14.0. The molecule has 29 heavy (non-hydrogen) atoms. The smallest absolute Gasteiger partial charge is 0.272 e. The van der Waals surface area contributed by atoms with Crippen LogP contribution in [0.1, 0.15) is 16.7 Å². The van der Waals surface area contributed by atoms with E-state index in [1.807, 2.05) is 32.0 Å². The fourth-order valence-electron chi connectivity index (χ4n) is 3.14. The number of nitrogens with zero attached hydrogens (tertiary/aromatic N) is 1. The Kier molecular flexibility index (Phi) is 6.30. The number of aliphatic hydroxyl groups excluding tert-OH is 1. The molecule has 3 rings (SSSR count). The van der Waals surface area contributed by atoms with Crippen LogP contribution in [-0.4, -0.2) is 43.5 Å². The van der Waals surface area contributed by atoms with Crippen molar-refractivity contribution < 1.29 is 24.2 Å². The predicted octanol–water partition coefficient (Wildman–Crippen LogP) is 3.33. The Hall–Kier alpha value is -2.77. The first-order valence-electron chi connectivity index (χ1n) is 9.09. The van der Waals surface area contributed by atoms with Gasteiger partial charge in [-0.1, -0.05) is 18.2 Å². The van der Waals surface area contributed by atoms with E-state index in [4.69, 9.17) is 9.47 Å². The fraction of sp³-hybridized carbons (Fsp3) is 0.273. The Balaban J connectivity index is 2.09. The van der Waals surface area contributed by atoms with Gasteiger partial charge in [-0.05, 0) is 42.7 Å². The fourth-order valence-corrected chi connectivity index (χ4v) is 4.00. The van der Waals surface area contributed by atoms with Crippen molar-refractivity contribution >= 4 is 34.8 Å². The lowest BCUT2D eigenvalue weighted by molar-refractivity contribution is -0.119. The molecule has 0 unspecified atom stereocenters. The number of benzene rings is 2. The molecule has 0 saturated carbocycles. The molecule has 0 radical (unpaired) electrons. The standard InChI is InChI=1S/C22H23NO5S/c1-13-5-6-15(11-14(13)2)19-20(29-10-9-24)22(26)23(21(19)25)16-7-8-17(27-3)18(12-16)28-4/h5-8,11-12,24H,9-10H2,1-4H3. The highest BCUT2D eigenvalue weighted by Gasteiger charge is 2.40. The highest BCUT2D eigenvalue weighted by molar-refractivity contribution is 8.04.